The van der Waals surface area contributed by atoms with E-state index in [2.05, 4.69) is 31.2 Å². The van der Waals surface area contributed by atoms with Crippen LogP contribution in [0.2, 0.25) is 0 Å². The second-order valence-corrected chi connectivity index (χ2v) is 8.05. The molecule has 2 heterocycles. The largest absolute Gasteiger partial charge is 0.504 e. The smallest absolute Gasteiger partial charge is 0.293 e. The number of aromatic hydroxyl groups is 1. The van der Waals surface area contributed by atoms with Gasteiger partial charge in [-0.15, -0.1) is 0 Å². The van der Waals surface area contributed by atoms with Crippen LogP contribution in [0.25, 0.3) is 6.08 Å². The van der Waals surface area contributed by atoms with Crippen molar-refractivity contribution in [3.05, 3.63) is 45.0 Å². The molecule has 2 N–H and O–H groups in total. The van der Waals surface area contributed by atoms with Crippen molar-refractivity contribution in [3.8, 4) is 11.5 Å². The van der Waals surface area contributed by atoms with E-state index >= 15 is 0 Å². The van der Waals surface area contributed by atoms with Crippen LogP contribution in [0.3, 0.4) is 0 Å². The zero-order valence-electron chi connectivity index (χ0n) is 16.2. The van der Waals surface area contributed by atoms with E-state index in [4.69, 9.17) is 9.47 Å². The van der Waals surface area contributed by atoms with Gasteiger partial charge in [0.2, 0.25) is 5.95 Å². The van der Waals surface area contributed by atoms with Crippen LogP contribution in [-0.2, 0) is 16.1 Å². The summed E-state index contributed by atoms with van der Waals surface area (Å²) in [6.45, 7) is 1.28. The molecule has 0 atom stereocenters. The van der Waals surface area contributed by atoms with Gasteiger partial charge in [-0.05, 0) is 35.5 Å². The van der Waals surface area contributed by atoms with Crippen LogP contribution in [0, 0.1) is 0 Å². The van der Waals surface area contributed by atoms with Gasteiger partial charge in [-0.25, -0.2) is 9.97 Å². The fourth-order valence-corrected chi connectivity index (χ4v) is 3.68. The van der Waals surface area contributed by atoms with Gasteiger partial charge >= 0.3 is 0 Å². The molecule has 1 aromatic carbocycles. The zero-order valence-corrected chi connectivity index (χ0v) is 18.6. The monoisotopic (exact) mass is 494 g/mol. The number of halogens is 1. The Morgan fingerprint density at radius 3 is 2.67 bits per heavy atom. The quantitative estimate of drug-likeness (QED) is 0.421. The summed E-state index contributed by atoms with van der Waals surface area (Å²) in [6.07, 6.45) is 4.82. The number of nitrogens with zero attached hydrogens (tertiary/aromatic N) is 3. The minimum Gasteiger partial charge on any atom is -0.504 e. The number of aromatic nitrogens is 2. The first-order valence-corrected chi connectivity index (χ1v) is 10.4. The molecule has 11 heteroatoms. The van der Waals surface area contributed by atoms with Crippen LogP contribution < -0.4 is 10.1 Å². The van der Waals surface area contributed by atoms with Gasteiger partial charge in [0.25, 0.3) is 11.1 Å². The summed E-state index contributed by atoms with van der Waals surface area (Å²) in [7, 11) is 3.05. The fourth-order valence-electron chi connectivity index (χ4n) is 2.42. The van der Waals surface area contributed by atoms with Gasteiger partial charge in [-0.2, -0.15) is 0 Å². The predicted octanol–water partition coefficient (Wildman–Crippen LogP) is 3.25. The van der Waals surface area contributed by atoms with Crippen molar-refractivity contribution in [2.75, 3.05) is 32.6 Å². The number of phenolic OH excluding ortho intramolecular Hbond substituents is 1. The number of methoxy groups -OCH3 is 1. The highest BCUT2D eigenvalue weighted by Gasteiger charge is 2.32. The highest BCUT2D eigenvalue weighted by atomic mass is 79.9. The number of ether oxygens (including phenoxy) is 2. The number of amides is 2. The van der Waals surface area contributed by atoms with E-state index in [1.54, 1.807) is 31.6 Å². The Morgan fingerprint density at radius 2 is 2.03 bits per heavy atom. The molecule has 1 aliphatic heterocycles. The van der Waals surface area contributed by atoms with Crippen LogP contribution in [0.5, 0.6) is 11.5 Å². The fraction of sp³-hybridized carbons (Fsp3) is 0.263. The van der Waals surface area contributed by atoms with E-state index in [0.717, 1.165) is 16.7 Å². The van der Waals surface area contributed by atoms with Crippen LogP contribution in [0.1, 0.15) is 11.1 Å². The number of anilines is 1. The number of rotatable bonds is 8. The van der Waals surface area contributed by atoms with E-state index in [1.165, 1.54) is 13.1 Å². The molecular formula is C19H19BrN4O5S. The summed E-state index contributed by atoms with van der Waals surface area (Å²) in [5.74, 6) is 0.266. The Balaban J connectivity index is 1.70. The summed E-state index contributed by atoms with van der Waals surface area (Å²) < 4.78 is 11.2. The molecule has 1 saturated heterocycles. The first kappa shape index (κ1) is 22.1. The van der Waals surface area contributed by atoms with Crippen molar-refractivity contribution in [2.24, 2.45) is 0 Å². The van der Waals surface area contributed by atoms with E-state index in [0.29, 0.717) is 39.6 Å². The number of imide groups is 1. The SMILES string of the molecule is COCCNc1ncc(COc2cc(/C=C3\SC(=O)N(C)C3=O)c(Br)cc2O)cn1. The Bertz CT molecular complexity index is 984. The van der Waals surface area contributed by atoms with Crippen molar-refractivity contribution < 1.29 is 24.2 Å². The lowest BCUT2D eigenvalue weighted by Crippen LogP contribution is -2.22. The lowest BCUT2D eigenvalue weighted by atomic mass is 10.2. The minimum absolute atomic E-state index is 0.0682. The van der Waals surface area contributed by atoms with E-state index in [-0.39, 0.29) is 29.3 Å². The van der Waals surface area contributed by atoms with E-state index in [1.807, 2.05) is 0 Å². The van der Waals surface area contributed by atoms with Crippen LogP contribution in [-0.4, -0.2) is 58.4 Å². The van der Waals surface area contributed by atoms with Gasteiger partial charge < -0.3 is 19.9 Å². The van der Waals surface area contributed by atoms with Crippen molar-refractivity contribution in [3.63, 3.8) is 0 Å². The van der Waals surface area contributed by atoms with Gasteiger partial charge in [0, 0.05) is 43.1 Å². The Hall–Kier alpha value is -2.63. The van der Waals surface area contributed by atoms with Crippen LogP contribution in [0.4, 0.5) is 10.7 Å². The third-order valence-electron chi connectivity index (χ3n) is 4.04. The molecule has 1 aliphatic rings. The maximum absolute atomic E-state index is 12.1. The number of thioether (sulfide) groups is 1. The van der Waals surface area contributed by atoms with Crippen molar-refractivity contribution >= 4 is 50.9 Å². The third kappa shape index (κ3) is 5.29. The maximum Gasteiger partial charge on any atom is 0.293 e. The average Bonchev–Trinajstić information content (AvgIpc) is 2.97. The molecule has 0 unspecified atom stereocenters. The molecule has 158 valence electrons. The van der Waals surface area contributed by atoms with Gasteiger partial charge in [-0.1, -0.05) is 15.9 Å². The molecular weight excluding hydrogens is 476 g/mol. The standard InChI is InChI=1S/C19H19BrN4O5S/c1-24-17(26)16(30-19(24)27)6-12-5-15(14(25)7-13(12)20)29-10-11-8-22-18(23-9-11)21-3-4-28-2/h5-9,25H,3-4,10H2,1-2H3,(H,21,22,23)/b16-6-. The molecule has 2 amide bonds. The number of benzene rings is 1. The average molecular weight is 495 g/mol. The molecule has 2 aromatic rings. The van der Waals surface area contributed by atoms with Crippen molar-refractivity contribution in [1.29, 1.82) is 0 Å². The molecule has 30 heavy (non-hydrogen) atoms. The summed E-state index contributed by atoms with van der Waals surface area (Å²) in [6, 6.07) is 3.06. The summed E-state index contributed by atoms with van der Waals surface area (Å²) >= 11 is 4.21. The predicted molar refractivity (Wildman–Crippen MR) is 116 cm³/mol. The second-order valence-electron chi connectivity index (χ2n) is 6.21. The van der Waals surface area contributed by atoms with Gasteiger partial charge in [0.15, 0.2) is 11.5 Å². The van der Waals surface area contributed by atoms with Gasteiger partial charge in [0.05, 0.1) is 11.5 Å². The van der Waals surface area contributed by atoms with E-state index < -0.39 is 0 Å². The number of likely N-dealkylation sites (N-methyl/N-ethyl adjacent to an activating group) is 1. The molecule has 3 rings (SSSR count). The summed E-state index contributed by atoms with van der Waals surface area (Å²) in [5, 5.41) is 12.9. The Labute approximate surface area is 185 Å². The summed E-state index contributed by atoms with van der Waals surface area (Å²) in [4.78, 5) is 33.5. The Kier molecular flexibility index (Phi) is 7.29. The lowest BCUT2D eigenvalue weighted by molar-refractivity contribution is -0.121. The number of phenols is 1. The first-order valence-electron chi connectivity index (χ1n) is 8.79. The number of hydrogen-bond donors (Lipinski definition) is 2. The highest BCUT2D eigenvalue weighted by molar-refractivity contribution is 9.10. The topological polar surface area (TPSA) is 114 Å². The lowest BCUT2D eigenvalue weighted by Gasteiger charge is -2.11. The number of nitrogens with one attached hydrogen (secondary N) is 1. The first-order chi connectivity index (χ1) is 14.4. The molecule has 0 bridgehead atoms. The minimum atomic E-state index is -0.371. The summed E-state index contributed by atoms with van der Waals surface area (Å²) in [5.41, 5.74) is 1.30. The Morgan fingerprint density at radius 1 is 1.30 bits per heavy atom. The second kappa shape index (κ2) is 9.92. The number of carbonyl (C=O) groups excluding carboxylic acids is 2. The molecule has 1 fully saturated rings. The maximum atomic E-state index is 12.1. The van der Waals surface area contributed by atoms with Crippen molar-refractivity contribution in [2.45, 2.75) is 6.61 Å². The van der Waals surface area contributed by atoms with Crippen molar-refractivity contribution in [1.82, 2.24) is 14.9 Å². The highest BCUT2D eigenvalue weighted by Crippen LogP contribution is 2.37. The molecule has 0 saturated carbocycles. The van der Waals surface area contributed by atoms with Gasteiger partial charge in [-0.3, -0.25) is 14.5 Å². The van der Waals surface area contributed by atoms with E-state index in [9.17, 15) is 14.7 Å². The molecule has 0 spiro atoms. The molecule has 1 aromatic heterocycles. The number of carbonyl (C=O) groups is 2. The van der Waals surface area contributed by atoms with Gasteiger partial charge in [0.1, 0.15) is 6.61 Å². The molecule has 9 nitrogen and oxygen atoms in total. The number of hydrogen-bond acceptors (Lipinski definition) is 9. The zero-order chi connectivity index (χ0) is 21.7. The normalized spacial score (nSPS) is 15.2. The van der Waals surface area contributed by atoms with Crippen LogP contribution >= 0.6 is 27.7 Å². The molecule has 0 aliphatic carbocycles. The van der Waals surface area contributed by atoms with Crippen LogP contribution in [0.15, 0.2) is 33.9 Å². The molecule has 0 radical (unpaired) electrons. The third-order valence-corrected chi connectivity index (χ3v) is 5.69.